The molecular formula is C16H23NO2. The van der Waals surface area contributed by atoms with Gasteiger partial charge in [0.1, 0.15) is 0 Å². The van der Waals surface area contributed by atoms with Gasteiger partial charge in [0, 0.05) is 37.1 Å². The van der Waals surface area contributed by atoms with Crippen LogP contribution in [0.3, 0.4) is 0 Å². The quantitative estimate of drug-likeness (QED) is 0.580. The van der Waals surface area contributed by atoms with Crippen LogP contribution in [0.1, 0.15) is 54.6 Å². The molecule has 1 aromatic heterocycles. The minimum absolute atomic E-state index is 0.234. The van der Waals surface area contributed by atoms with Gasteiger partial charge in [0.25, 0.3) is 0 Å². The molecule has 0 atom stereocenters. The number of hydrogen-bond donors (Lipinski definition) is 0. The van der Waals surface area contributed by atoms with E-state index in [1.54, 1.807) is 6.20 Å². The number of unbranched alkanes of at least 4 members (excludes halogenated alkanes) is 1. The van der Waals surface area contributed by atoms with Crippen molar-refractivity contribution in [1.82, 2.24) is 4.98 Å². The van der Waals surface area contributed by atoms with Crippen LogP contribution in [0, 0.1) is 12.8 Å². The highest BCUT2D eigenvalue weighted by Gasteiger charge is 2.14. The zero-order valence-corrected chi connectivity index (χ0v) is 11.7. The summed E-state index contributed by atoms with van der Waals surface area (Å²) in [6.45, 7) is 3.73. The number of pyridine rings is 1. The summed E-state index contributed by atoms with van der Waals surface area (Å²) in [7, 11) is 0. The fraction of sp³-hybridized carbons (Fsp3) is 0.625. The van der Waals surface area contributed by atoms with Crippen molar-refractivity contribution in [3.8, 4) is 0 Å². The highest BCUT2D eigenvalue weighted by Crippen LogP contribution is 2.21. The van der Waals surface area contributed by atoms with E-state index < -0.39 is 0 Å². The molecule has 2 heterocycles. The molecule has 1 saturated heterocycles. The molecule has 2 rings (SSSR count). The molecule has 0 amide bonds. The third-order valence-corrected chi connectivity index (χ3v) is 3.91. The lowest BCUT2D eigenvalue weighted by molar-refractivity contribution is 0.0630. The number of hydrogen-bond acceptors (Lipinski definition) is 3. The second-order valence-corrected chi connectivity index (χ2v) is 5.36. The van der Waals surface area contributed by atoms with Crippen molar-refractivity contribution in [3.05, 3.63) is 29.6 Å². The van der Waals surface area contributed by atoms with Crippen LogP contribution in [0.15, 0.2) is 18.3 Å². The lowest BCUT2D eigenvalue weighted by Crippen LogP contribution is -2.15. The molecule has 0 radical (unpaired) electrons. The van der Waals surface area contributed by atoms with Crippen LogP contribution in [0.5, 0.6) is 0 Å². The largest absolute Gasteiger partial charge is 0.381 e. The molecule has 19 heavy (non-hydrogen) atoms. The summed E-state index contributed by atoms with van der Waals surface area (Å²) in [5.74, 6) is 1.04. The number of ether oxygens (including phenoxy) is 1. The van der Waals surface area contributed by atoms with Gasteiger partial charge in [-0.05, 0) is 44.2 Å². The van der Waals surface area contributed by atoms with Gasteiger partial charge in [-0.2, -0.15) is 0 Å². The average molecular weight is 261 g/mol. The maximum Gasteiger partial charge on any atom is 0.164 e. The SMILES string of the molecule is Cc1ncccc1C(=O)CCCCC1CCOCC1. The number of carbonyl (C=O) groups excluding carboxylic acids is 1. The summed E-state index contributed by atoms with van der Waals surface area (Å²) in [6.07, 6.45) is 8.14. The topological polar surface area (TPSA) is 39.2 Å². The summed E-state index contributed by atoms with van der Waals surface area (Å²) >= 11 is 0. The predicted molar refractivity (Wildman–Crippen MR) is 75.3 cm³/mol. The number of aromatic nitrogens is 1. The first-order chi connectivity index (χ1) is 9.27. The fourth-order valence-electron chi connectivity index (χ4n) is 2.67. The van der Waals surface area contributed by atoms with Crippen LogP contribution < -0.4 is 0 Å². The van der Waals surface area contributed by atoms with Crippen molar-refractivity contribution in [2.75, 3.05) is 13.2 Å². The van der Waals surface area contributed by atoms with E-state index in [0.717, 1.165) is 43.2 Å². The molecule has 0 bridgehead atoms. The first-order valence-electron chi connectivity index (χ1n) is 7.30. The molecule has 1 aliphatic rings. The van der Waals surface area contributed by atoms with Gasteiger partial charge in [-0.1, -0.05) is 12.8 Å². The zero-order valence-electron chi connectivity index (χ0n) is 11.7. The Morgan fingerprint density at radius 3 is 2.89 bits per heavy atom. The molecule has 3 heteroatoms. The van der Waals surface area contributed by atoms with E-state index in [2.05, 4.69) is 4.98 Å². The van der Waals surface area contributed by atoms with Crippen LogP contribution in [0.4, 0.5) is 0 Å². The molecule has 0 aliphatic carbocycles. The van der Waals surface area contributed by atoms with Crippen LogP contribution in [-0.2, 0) is 4.74 Å². The van der Waals surface area contributed by atoms with Crippen molar-refractivity contribution in [1.29, 1.82) is 0 Å². The number of aryl methyl sites for hydroxylation is 1. The lowest BCUT2D eigenvalue weighted by Gasteiger charge is -2.21. The van der Waals surface area contributed by atoms with Gasteiger partial charge in [-0.25, -0.2) is 0 Å². The van der Waals surface area contributed by atoms with Crippen LogP contribution >= 0.6 is 0 Å². The summed E-state index contributed by atoms with van der Waals surface area (Å²) in [5.41, 5.74) is 1.63. The van der Waals surface area contributed by atoms with Crippen molar-refractivity contribution < 1.29 is 9.53 Å². The van der Waals surface area contributed by atoms with Gasteiger partial charge in [0.2, 0.25) is 0 Å². The Kier molecular flexibility index (Phi) is 5.52. The molecular weight excluding hydrogens is 238 g/mol. The van der Waals surface area contributed by atoms with Crippen molar-refractivity contribution in [3.63, 3.8) is 0 Å². The molecule has 3 nitrogen and oxygen atoms in total. The van der Waals surface area contributed by atoms with E-state index >= 15 is 0 Å². The minimum Gasteiger partial charge on any atom is -0.381 e. The maximum absolute atomic E-state index is 12.1. The van der Waals surface area contributed by atoms with E-state index in [0.29, 0.717) is 6.42 Å². The minimum atomic E-state index is 0.234. The standard InChI is InChI=1S/C16H23NO2/c1-13-15(6-4-10-17-13)16(18)7-3-2-5-14-8-11-19-12-9-14/h4,6,10,14H,2-3,5,7-9,11-12H2,1H3. The number of carbonyl (C=O) groups is 1. The van der Waals surface area contributed by atoms with E-state index in [-0.39, 0.29) is 5.78 Å². The normalized spacial score (nSPS) is 16.5. The molecule has 1 aliphatic heterocycles. The van der Waals surface area contributed by atoms with E-state index in [1.165, 1.54) is 19.3 Å². The van der Waals surface area contributed by atoms with Gasteiger partial charge in [-0.3, -0.25) is 9.78 Å². The third-order valence-electron chi connectivity index (χ3n) is 3.91. The zero-order chi connectivity index (χ0) is 13.5. The Balaban J connectivity index is 1.68. The van der Waals surface area contributed by atoms with E-state index in [1.807, 2.05) is 19.1 Å². The molecule has 0 N–H and O–H groups in total. The van der Waals surface area contributed by atoms with Gasteiger partial charge in [-0.15, -0.1) is 0 Å². The van der Waals surface area contributed by atoms with Crippen LogP contribution in [0.2, 0.25) is 0 Å². The molecule has 0 unspecified atom stereocenters. The molecule has 0 spiro atoms. The Morgan fingerprint density at radius 2 is 2.16 bits per heavy atom. The van der Waals surface area contributed by atoms with Crippen molar-refractivity contribution in [2.24, 2.45) is 5.92 Å². The number of rotatable bonds is 6. The second-order valence-electron chi connectivity index (χ2n) is 5.36. The Labute approximate surface area is 115 Å². The van der Waals surface area contributed by atoms with Crippen LogP contribution in [-0.4, -0.2) is 24.0 Å². The first kappa shape index (κ1) is 14.2. The van der Waals surface area contributed by atoms with Gasteiger partial charge in [0.15, 0.2) is 5.78 Å². The van der Waals surface area contributed by atoms with Crippen LogP contribution in [0.25, 0.3) is 0 Å². The maximum atomic E-state index is 12.1. The predicted octanol–water partition coefficient (Wildman–Crippen LogP) is 3.56. The first-order valence-corrected chi connectivity index (χ1v) is 7.30. The number of nitrogens with zero attached hydrogens (tertiary/aromatic N) is 1. The summed E-state index contributed by atoms with van der Waals surface area (Å²) in [4.78, 5) is 16.2. The van der Waals surface area contributed by atoms with Gasteiger partial charge in [0.05, 0.1) is 0 Å². The van der Waals surface area contributed by atoms with Gasteiger partial charge >= 0.3 is 0 Å². The summed E-state index contributed by atoms with van der Waals surface area (Å²) in [5, 5.41) is 0. The molecule has 1 fully saturated rings. The Hall–Kier alpha value is -1.22. The number of ketones is 1. The highest BCUT2D eigenvalue weighted by molar-refractivity contribution is 5.96. The summed E-state index contributed by atoms with van der Waals surface area (Å²) < 4.78 is 5.35. The average Bonchev–Trinajstić information content (AvgIpc) is 2.45. The molecule has 0 aromatic carbocycles. The highest BCUT2D eigenvalue weighted by atomic mass is 16.5. The van der Waals surface area contributed by atoms with Crippen molar-refractivity contribution in [2.45, 2.75) is 45.4 Å². The second kappa shape index (κ2) is 7.39. The summed E-state index contributed by atoms with van der Waals surface area (Å²) in [6, 6.07) is 3.71. The molecule has 104 valence electrons. The molecule has 1 aromatic rings. The Morgan fingerprint density at radius 1 is 1.37 bits per heavy atom. The van der Waals surface area contributed by atoms with E-state index in [9.17, 15) is 4.79 Å². The lowest BCUT2D eigenvalue weighted by atomic mass is 9.93. The van der Waals surface area contributed by atoms with E-state index in [4.69, 9.17) is 4.74 Å². The number of Topliss-reactive ketones (excluding diaryl/α,β-unsaturated/α-hetero) is 1. The monoisotopic (exact) mass is 261 g/mol. The molecule has 0 saturated carbocycles. The third kappa shape index (κ3) is 4.43. The fourth-order valence-corrected chi connectivity index (χ4v) is 2.67. The smallest absolute Gasteiger partial charge is 0.164 e. The van der Waals surface area contributed by atoms with Gasteiger partial charge < -0.3 is 4.74 Å². The Bertz CT molecular complexity index is 411. The van der Waals surface area contributed by atoms with Crippen molar-refractivity contribution >= 4 is 5.78 Å².